The fourth-order valence-corrected chi connectivity index (χ4v) is 2.27. The lowest BCUT2D eigenvalue weighted by molar-refractivity contribution is 0.271. The van der Waals surface area contributed by atoms with E-state index in [1.165, 1.54) is 0 Å². The van der Waals surface area contributed by atoms with Crippen molar-refractivity contribution < 1.29 is 9.15 Å². The van der Waals surface area contributed by atoms with Gasteiger partial charge in [-0.2, -0.15) is 0 Å². The quantitative estimate of drug-likeness (QED) is 0.617. The third-order valence-electron chi connectivity index (χ3n) is 3.20. The van der Waals surface area contributed by atoms with Crippen LogP contribution in [0.3, 0.4) is 0 Å². The minimum atomic E-state index is 0.498. The van der Waals surface area contributed by atoms with Gasteiger partial charge in [-0.25, -0.2) is 0 Å². The van der Waals surface area contributed by atoms with Crippen molar-refractivity contribution in [1.29, 1.82) is 0 Å². The van der Waals surface area contributed by atoms with E-state index in [0.29, 0.717) is 24.3 Å². The molecule has 2 aromatic carbocycles. The SMILES string of the molecule is CC(C)COc1ccc(-c2nnc(-c3ccc(Br)cc3)o2)cc1. The molecule has 0 saturated carbocycles. The van der Waals surface area contributed by atoms with Crippen molar-refractivity contribution in [2.45, 2.75) is 13.8 Å². The second kappa shape index (κ2) is 6.96. The van der Waals surface area contributed by atoms with E-state index >= 15 is 0 Å². The van der Waals surface area contributed by atoms with Crippen LogP contribution in [0.1, 0.15) is 13.8 Å². The number of halogens is 1. The number of ether oxygens (including phenoxy) is 1. The molecule has 0 radical (unpaired) electrons. The molecular weight excluding hydrogens is 356 g/mol. The van der Waals surface area contributed by atoms with Gasteiger partial charge in [0.15, 0.2) is 0 Å². The van der Waals surface area contributed by atoms with Crippen LogP contribution in [-0.2, 0) is 0 Å². The van der Waals surface area contributed by atoms with Gasteiger partial charge in [-0.05, 0) is 54.4 Å². The second-order valence-electron chi connectivity index (χ2n) is 5.65. The van der Waals surface area contributed by atoms with Crippen LogP contribution in [0.2, 0.25) is 0 Å². The summed E-state index contributed by atoms with van der Waals surface area (Å²) in [5.41, 5.74) is 1.77. The summed E-state index contributed by atoms with van der Waals surface area (Å²) in [6, 6.07) is 15.4. The zero-order valence-corrected chi connectivity index (χ0v) is 14.6. The number of hydrogen-bond acceptors (Lipinski definition) is 4. The minimum Gasteiger partial charge on any atom is -0.493 e. The van der Waals surface area contributed by atoms with Crippen LogP contribution < -0.4 is 4.74 Å². The van der Waals surface area contributed by atoms with Crippen LogP contribution in [0.15, 0.2) is 57.4 Å². The summed E-state index contributed by atoms with van der Waals surface area (Å²) < 4.78 is 12.4. The lowest BCUT2D eigenvalue weighted by Gasteiger charge is -2.08. The average Bonchev–Trinajstić information content (AvgIpc) is 3.04. The Morgan fingerprint density at radius 2 is 1.43 bits per heavy atom. The number of aromatic nitrogens is 2. The van der Waals surface area contributed by atoms with Crippen LogP contribution in [-0.4, -0.2) is 16.8 Å². The topological polar surface area (TPSA) is 48.2 Å². The second-order valence-corrected chi connectivity index (χ2v) is 6.56. The van der Waals surface area contributed by atoms with Crippen molar-refractivity contribution in [3.05, 3.63) is 53.0 Å². The first-order chi connectivity index (χ1) is 11.1. The Hall–Kier alpha value is -2.14. The largest absolute Gasteiger partial charge is 0.493 e. The fourth-order valence-electron chi connectivity index (χ4n) is 2.01. The van der Waals surface area contributed by atoms with Crippen molar-refractivity contribution in [2.75, 3.05) is 6.61 Å². The lowest BCUT2D eigenvalue weighted by Crippen LogP contribution is -2.04. The minimum absolute atomic E-state index is 0.498. The third kappa shape index (κ3) is 3.99. The van der Waals surface area contributed by atoms with Gasteiger partial charge in [-0.15, -0.1) is 10.2 Å². The summed E-state index contributed by atoms with van der Waals surface area (Å²) in [6.45, 7) is 4.94. The molecular formula is C18H17BrN2O2. The van der Waals surface area contributed by atoms with Gasteiger partial charge in [0.1, 0.15) is 5.75 Å². The highest BCUT2D eigenvalue weighted by Gasteiger charge is 2.10. The van der Waals surface area contributed by atoms with E-state index in [0.717, 1.165) is 21.3 Å². The van der Waals surface area contributed by atoms with E-state index < -0.39 is 0 Å². The third-order valence-corrected chi connectivity index (χ3v) is 3.73. The highest BCUT2D eigenvalue weighted by Crippen LogP contribution is 2.26. The fraction of sp³-hybridized carbons (Fsp3) is 0.222. The first-order valence-corrected chi connectivity index (χ1v) is 8.24. The molecule has 0 unspecified atom stereocenters. The van der Waals surface area contributed by atoms with Gasteiger partial charge in [0.05, 0.1) is 6.61 Å². The predicted octanol–water partition coefficient (Wildman–Crippen LogP) is 5.20. The molecule has 1 aromatic heterocycles. The van der Waals surface area contributed by atoms with E-state index in [-0.39, 0.29) is 0 Å². The smallest absolute Gasteiger partial charge is 0.248 e. The maximum atomic E-state index is 5.76. The molecule has 0 bridgehead atoms. The van der Waals surface area contributed by atoms with Crippen molar-refractivity contribution >= 4 is 15.9 Å². The van der Waals surface area contributed by atoms with Crippen LogP contribution >= 0.6 is 15.9 Å². The average molecular weight is 373 g/mol. The molecule has 0 aliphatic rings. The monoisotopic (exact) mass is 372 g/mol. The van der Waals surface area contributed by atoms with E-state index in [9.17, 15) is 0 Å². The summed E-state index contributed by atoms with van der Waals surface area (Å²) in [4.78, 5) is 0. The predicted molar refractivity (Wildman–Crippen MR) is 93.2 cm³/mol. The molecule has 0 saturated heterocycles. The molecule has 0 aliphatic carbocycles. The maximum Gasteiger partial charge on any atom is 0.248 e. The Bertz CT molecular complexity index is 764. The van der Waals surface area contributed by atoms with E-state index in [2.05, 4.69) is 40.0 Å². The Morgan fingerprint density at radius 1 is 0.913 bits per heavy atom. The molecule has 0 aliphatic heterocycles. The van der Waals surface area contributed by atoms with Crippen molar-refractivity contribution in [2.24, 2.45) is 5.92 Å². The molecule has 1 heterocycles. The van der Waals surface area contributed by atoms with Crippen LogP contribution in [0.25, 0.3) is 22.9 Å². The molecule has 118 valence electrons. The van der Waals surface area contributed by atoms with Crippen molar-refractivity contribution in [3.8, 4) is 28.7 Å². The summed E-state index contributed by atoms with van der Waals surface area (Å²) in [7, 11) is 0. The van der Waals surface area contributed by atoms with Gasteiger partial charge in [-0.3, -0.25) is 0 Å². The highest BCUT2D eigenvalue weighted by molar-refractivity contribution is 9.10. The van der Waals surface area contributed by atoms with Crippen LogP contribution in [0, 0.1) is 5.92 Å². The van der Waals surface area contributed by atoms with Gasteiger partial charge in [0.2, 0.25) is 11.8 Å². The Kier molecular flexibility index (Phi) is 4.76. The Balaban J connectivity index is 1.76. The van der Waals surface area contributed by atoms with E-state index in [1.807, 2.05) is 48.5 Å². The molecule has 3 aromatic rings. The first kappa shape index (κ1) is 15.7. The highest BCUT2D eigenvalue weighted by atomic mass is 79.9. The number of nitrogens with zero attached hydrogens (tertiary/aromatic N) is 2. The van der Waals surface area contributed by atoms with Gasteiger partial charge < -0.3 is 9.15 Å². The van der Waals surface area contributed by atoms with E-state index in [4.69, 9.17) is 9.15 Å². The van der Waals surface area contributed by atoms with Gasteiger partial charge in [0, 0.05) is 15.6 Å². The Morgan fingerprint density at radius 3 is 1.96 bits per heavy atom. The molecule has 0 amide bonds. The van der Waals surface area contributed by atoms with Gasteiger partial charge in [0.25, 0.3) is 0 Å². The van der Waals surface area contributed by atoms with Crippen molar-refractivity contribution in [1.82, 2.24) is 10.2 Å². The molecule has 4 nitrogen and oxygen atoms in total. The van der Waals surface area contributed by atoms with Gasteiger partial charge >= 0.3 is 0 Å². The lowest BCUT2D eigenvalue weighted by atomic mass is 10.2. The zero-order chi connectivity index (χ0) is 16.2. The molecule has 5 heteroatoms. The number of rotatable bonds is 5. The molecule has 0 N–H and O–H groups in total. The molecule has 0 spiro atoms. The molecule has 23 heavy (non-hydrogen) atoms. The summed E-state index contributed by atoms with van der Waals surface area (Å²) in [6.07, 6.45) is 0. The number of benzene rings is 2. The number of hydrogen-bond donors (Lipinski definition) is 0. The summed E-state index contributed by atoms with van der Waals surface area (Å²) in [5, 5.41) is 8.23. The zero-order valence-electron chi connectivity index (χ0n) is 13.0. The standard InChI is InChI=1S/C18H17BrN2O2/c1-12(2)11-22-16-9-5-14(6-10-16)18-21-20-17(23-18)13-3-7-15(19)8-4-13/h3-10,12H,11H2,1-2H3. The Labute approximate surface area is 143 Å². The van der Waals surface area contributed by atoms with Crippen LogP contribution in [0.5, 0.6) is 5.75 Å². The molecule has 0 fully saturated rings. The molecule has 0 atom stereocenters. The first-order valence-electron chi connectivity index (χ1n) is 7.44. The van der Waals surface area contributed by atoms with Crippen molar-refractivity contribution in [3.63, 3.8) is 0 Å². The maximum absolute atomic E-state index is 5.76. The molecule has 3 rings (SSSR count). The normalized spacial score (nSPS) is 11.0. The van der Waals surface area contributed by atoms with Gasteiger partial charge in [-0.1, -0.05) is 29.8 Å². The van der Waals surface area contributed by atoms with Crippen LogP contribution in [0.4, 0.5) is 0 Å². The summed E-state index contributed by atoms with van der Waals surface area (Å²) >= 11 is 3.41. The van der Waals surface area contributed by atoms with E-state index in [1.54, 1.807) is 0 Å². The summed E-state index contributed by atoms with van der Waals surface area (Å²) in [5.74, 6) is 2.35.